The molecule has 2 aromatic carbocycles. The van der Waals surface area contributed by atoms with Gasteiger partial charge in [-0.15, -0.1) is 0 Å². The molecule has 0 unspecified atom stereocenters. The van der Waals surface area contributed by atoms with Crippen molar-refractivity contribution in [1.82, 2.24) is 9.47 Å². The van der Waals surface area contributed by atoms with E-state index >= 15 is 0 Å². The van der Waals surface area contributed by atoms with Gasteiger partial charge in [-0.05, 0) is 68.7 Å². The molecule has 0 bridgehead atoms. The van der Waals surface area contributed by atoms with E-state index in [0.29, 0.717) is 12.1 Å². The molecule has 160 valence electrons. The fourth-order valence-corrected chi connectivity index (χ4v) is 4.24. The lowest BCUT2D eigenvalue weighted by Gasteiger charge is -2.21. The minimum Gasteiger partial charge on any atom is -0.496 e. The van der Waals surface area contributed by atoms with Gasteiger partial charge in [0.15, 0.2) is 0 Å². The van der Waals surface area contributed by atoms with Gasteiger partial charge in [0.25, 0.3) is 0 Å². The summed E-state index contributed by atoms with van der Waals surface area (Å²) in [5, 5.41) is 10.2. The molecule has 6 nitrogen and oxygen atoms in total. The van der Waals surface area contributed by atoms with Crippen molar-refractivity contribution < 1.29 is 14.3 Å². The molecular weight excluding hydrogens is 390 g/mol. The molecule has 4 rings (SSSR count). The van der Waals surface area contributed by atoms with Gasteiger partial charge in [0.1, 0.15) is 11.4 Å². The Morgan fingerprint density at radius 1 is 1.16 bits per heavy atom. The maximum atomic E-state index is 12.8. The lowest BCUT2D eigenvalue weighted by Crippen LogP contribution is -2.26. The van der Waals surface area contributed by atoms with E-state index in [1.54, 1.807) is 17.9 Å². The third-order valence-electron chi connectivity index (χ3n) is 5.55. The molecule has 0 amide bonds. The van der Waals surface area contributed by atoms with Crippen LogP contribution >= 0.6 is 0 Å². The molecule has 1 aliphatic heterocycles. The summed E-state index contributed by atoms with van der Waals surface area (Å²) in [5.41, 5.74) is 5.38. The van der Waals surface area contributed by atoms with Crippen molar-refractivity contribution in [1.29, 1.82) is 5.26 Å². The predicted octanol–water partition coefficient (Wildman–Crippen LogP) is 5.13. The van der Waals surface area contributed by atoms with E-state index in [0.717, 1.165) is 40.9 Å². The van der Waals surface area contributed by atoms with Crippen LogP contribution in [0.2, 0.25) is 0 Å². The minimum atomic E-state index is -0.569. The number of methoxy groups -OCH3 is 1. The second kappa shape index (κ2) is 7.75. The van der Waals surface area contributed by atoms with Crippen LogP contribution in [0.1, 0.15) is 48.6 Å². The number of benzene rings is 2. The average molecular weight is 418 g/mol. The molecule has 0 radical (unpaired) electrons. The second-order valence-electron chi connectivity index (χ2n) is 9.04. The summed E-state index contributed by atoms with van der Waals surface area (Å²) in [6.07, 6.45) is 1.38. The van der Waals surface area contributed by atoms with Gasteiger partial charge < -0.3 is 9.47 Å². The van der Waals surface area contributed by atoms with Gasteiger partial charge in [-0.25, -0.2) is 4.79 Å². The van der Waals surface area contributed by atoms with Crippen molar-refractivity contribution in [2.45, 2.75) is 52.9 Å². The quantitative estimate of drug-likeness (QED) is 0.591. The largest absolute Gasteiger partial charge is 0.496 e. The number of nitrogens with zero attached hydrogens (tertiary/aromatic N) is 3. The molecule has 0 saturated heterocycles. The van der Waals surface area contributed by atoms with Crippen molar-refractivity contribution in [2.24, 2.45) is 0 Å². The minimum absolute atomic E-state index is 0.390. The van der Waals surface area contributed by atoms with Crippen LogP contribution in [0.15, 0.2) is 36.5 Å². The Bertz CT molecular complexity index is 1210. The van der Waals surface area contributed by atoms with E-state index in [4.69, 9.17) is 9.47 Å². The molecule has 0 saturated carbocycles. The summed E-state index contributed by atoms with van der Waals surface area (Å²) in [6.45, 7) is 9.82. The van der Waals surface area contributed by atoms with E-state index in [1.807, 2.05) is 58.0 Å². The standard InChI is InChI=1S/C25H27N3O3/c1-16-10-22(30-5)21(15-27-13-18-7-6-17(12-26)11-19(18)14-27)20-8-9-28(23(16)20)24(29)31-25(2,3)4/h6-11H,13-15H2,1-5H3. The summed E-state index contributed by atoms with van der Waals surface area (Å²) in [6, 6.07) is 12.0. The number of carbonyl (C=O) groups is 1. The zero-order chi connectivity index (χ0) is 22.3. The molecule has 0 N–H and O–H groups in total. The van der Waals surface area contributed by atoms with Gasteiger partial charge in [0.05, 0.1) is 24.3 Å². The highest BCUT2D eigenvalue weighted by atomic mass is 16.6. The van der Waals surface area contributed by atoms with Gasteiger partial charge in [0.2, 0.25) is 0 Å². The third-order valence-corrected chi connectivity index (χ3v) is 5.55. The first-order chi connectivity index (χ1) is 14.7. The van der Waals surface area contributed by atoms with E-state index in [1.165, 1.54) is 11.1 Å². The van der Waals surface area contributed by atoms with Crippen LogP contribution in [0.25, 0.3) is 10.9 Å². The first-order valence-corrected chi connectivity index (χ1v) is 10.4. The summed E-state index contributed by atoms with van der Waals surface area (Å²) < 4.78 is 12.9. The normalized spacial score (nSPS) is 13.8. The number of ether oxygens (including phenoxy) is 2. The highest BCUT2D eigenvalue weighted by molar-refractivity contribution is 5.95. The monoisotopic (exact) mass is 417 g/mol. The topological polar surface area (TPSA) is 67.5 Å². The molecule has 3 aromatic rings. The second-order valence-corrected chi connectivity index (χ2v) is 9.04. The number of rotatable bonds is 3. The molecule has 0 atom stereocenters. The Morgan fingerprint density at radius 2 is 1.90 bits per heavy atom. The van der Waals surface area contributed by atoms with Crippen LogP contribution < -0.4 is 4.74 Å². The summed E-state index contributed by atoms with van der Waals surface area (Å²) in [5.74, 6) is 0.806. The number of hydrogen-bond donors (Lipinski definition) is 0. The predicted molar refractivity (Wildman–Crippen MR) is 119 cm³/mol. The first kappa shape index (κ1) is 21.0. The molecule has 31 heavy (non-hydrogen) atoms. The summed E-state index contributed by atoms with van der Waals surface area (Å²) in [7, 11) is 1.67. The molecule has 0 fully saturated rings. The highest BCUT2D eigenvalue weighted by Gasteiger charge is 2.25. The zero-order valence-electron chi connectivity index (χ0n) is 18.7. The van der Waals surface area contributed by atoms with Gasteiger partial charge in [-0.1, -0.05) is 6.07 Å². The Hall–Kier alpha value is -3.30. The maximum Gasteiger partial charge on any atom is 0.419 e. The van der Waals surface area contributed by atoms with Crippen LogP contribution in [0, 0.1) is 18.3 Å². The number of carbonyl (C=O) groups excluding carboxylic acids is 1. The van der Waals surface area contributed by atoms with Crippen LogP contribution in [0.5, 0.6) is 5.75 Å². The summed E-state index contributed by atoms with van der Waals surface area (Å²) >= 11 is 0. The van der Waals surface area contributed by atoms with Crippen molar-refractivity contribution >= 4 is 17.0 Å². The average Bonchev–Trinajstić information content (AvgIpc) is 3.32. The van der Waals surface area contributed by atoms with Crippen LogP contribution in [-0.4, -0.2) is 28.3 Å². The van der Waals surface area contributed by atoms with Crippen molar-refractivity contribution in [3.05, 3.63) is 64.3 Å². The number of aromatic nitrogens is 1. The van der Waals surface area contributed by atoms with Gasteiger partial charge in [-0.3, -0.25) is 9.47 Å². The fourth-order valence-electron chi connectivity index (χ4n) is 4.24. The van der Waals surface area contributed by atoms with E-state index in [2.05, 4.69) is 11.0 Å². The van der Waals surface area contributed by atoms with Crippen LogP contribution in [-0.2, 0) is 24.4 Å². The lowest BCUT2D eigenvalue weighted by atomic mass is 10.0. The third kappa shape index (κ3) is 4.01. The van der Waals surface area contributed by atoms with Crippen molar-refractivity contribution in [3.63, 3.8) is 0 Å². The van der Waals surface area contributed by atoms with Gasteiger partial charge >= 0.3 is 6.09 Å². The van der Waals surface area contributed by atoms with Gasteiger partial charge in [0, 0.05) is 36.8 Å². The van der Waals surface area contributed by atoms with E-state index in [-0.39, 0.29) is 6.09 Å². The molecule has 2 heterocycles. The molecule has 6 heteroatoms. The summed E-state index contributed by atoms with van der Waals surface area (Å²) in [4.78, 5) is 15.1. The fraction of sp³-hybridized carbons (Fsp3) is 0.360. The smallest absolute Gasteiger partial charge is 0.419 e. The molecule has 0 aliphatic carbocycles. The molecular formula is C25H27N3O3. The molecule has 1 aromatic heterocycles. The van der Waals surface area contributed by atoms with E-state index < -0.39 is 5.60 Å². The molecule has 1 aliphatic rings. The first-order valence-electron chi connectivity index (χ1n) is 10.4. The number of hydrogen-bond acceptors (Lipinski definition) is 5. The Kier molecular flexibility index (Phi) is 5.24. The lowest BCUT2D eigenvalue weighted by molar-refractivity contribution is 0.0544. The number of aryl methyl sites for hydroxylation is 1. The molecule has 0 spiro atoms. The van der Waals surface area contributed by atoms with Crippen molar-refractivity contribution in [3.8, 4) is 11.8 Å². The number of fused-ring (bicyclic) bond motifs is 2. The van der Waals surface area contributed by atoms with E-state index in [9.17, 15) is 10.1 Å². The van der Waals surface area contributed by atoms with Crippen LogP contribution in [0.4, 0.5) is 4.79 Å². The van der Waals surface area contributed by atoms with Crippen LogP contribution in [0.3, 0.4) is 0 Å². The Morgan fingerprint density at radius 3 is 2.58 bits per heavy atom. The highest BCUT2D eigenvalue weighted by Crippen LogP contribution is 2.35. The Balaban J connectivity index is 1.70. The zero-order valence-corrected chi connectivity index (χ0v) is 18.7. The SMILES string of the molecule is COc1cc(C)c2c(ccn2C(=O)OC(C)(C)C)c1CN1Cc2ccc(C#N)cc2C1. The number of nitriles is 1. The van der Waals surface area contributed by atoms with Crippen molar-refractivity contribution in [2.75, 3.05) is 7.11 Å². The maximum absolute atomic E-state index is 12.8. The Labute approximate surface area is 182 Å². The van der Waals surface area contributed by atoms with Gasteiger partial charge in [-0.2, -0.15) is 5.26 Å².